The van der Waals surface area contributed by atoms with Crippen LogP contribution < -0.4 is 4.74 Å². The van der Waals surface area contributed by atoms with Gasteiger partial charge in [-0.25, -0.2) is 28.2 Å². The SMILES string of the molecule is O=C1OC(c2ccccc2)=N/C1=C\c1ccc(OCC(O)(Cn2cncn2)c2ccc(F)cc2F)cc1. The maximum absolute atomic E-state index is 14.6. The lowest BCUT2D eigenvalue weighted by atomic mass is 9.94. The maximum Gasteiger partial charge on any atom is 0.363 e. The van der Waals surface area contributed by atoms with Crippen molar-refractivity contribution in [3.05, 3.63) is 119 Å². The Kier molecular flexibility index (Phi) is 6.57. The van der Waals surface area contributed by atoms with E-state index in [2.05, 4.69) is 15.1 Å². The van der Waals surface area contributed by atoms with Crippen LogP contribution in [-0.4, -0.2) is 38.3 Å². The molecule has 4 aromatic rings. The molecule has 5 rings (SSSR count). The Balaban J connectivity index is 1.32. The van der Waals surface area contributed by atoms with Crippen molar-refractivity contribution in [3.63, 3.8) is 0 Å². The van der Waals surface area contributed by atoms with Gasteiger partial charge in [-0.3, -0.25) is 0 Å². The molecule has 1 N–H and O–H groups in total. The summed E-state index contributed by atoms with van der Waals surface area (Å²) in [5.41, 5.74) is -0.500. The number of hydrogen-bond acceptors (Lipinski definition) is 7. The normalized spacial score (nSPS) is 15.8. The lowest BCUT2D eigenvalue weighted by molar-refractivity contribution is -0.129. The third kappa shape index (κ3) is 5.44. The smallest absolute Gasteiger partial charge is 0.363 e. The van der Waals surface area contributed by atoms with Gasteiger partial charge in [-0.2, -0.15) is 5.10 Å². The summed E-state index contributed by atoms with van der Waals surface area (Å²) in [7, 11) is 0. The fourth-order valence-electron chi connectivity index (χ4n) is 3.79. The minimum atomic E-state index is -1.87. The van der Waals surface area contributed by atoms with Crippen LogP contribution >= 0.6 is 0 Å². The van der Waals surface area contributed by atoms with Gasteiger partial charge in [-0.1, -0.05) is 36.4 Å². The van der Waals surface area contributed by atoms with Gasteiger partial charge in [0.1, 0.15) is 42.2 Å². The average molecular weight is 502 g/mol. The summed E-state index contributed by atoms with van der Waals surface area (Å²) in [6.45, 7) is -0.531. The molecule has 1 unspecified atom stereocenters. The van der Waals surface area contributed by atoms with Gasteiger partial charge in [0.25, 0.3) is 0 Å². The van der Waals surface area contributed by atoms with Gasteiger partial charge in [-0.05, 0) is 42.0 Å². The first-order valence-corrected chi connectivity index (χ1v) is 11.2. The molecule has 1 aliphatic rings. The number of benzene rings is 3. The molecule has 10 heteroatoms. The molecule has 0 amide bonds. The third-order valence-electron chi connectivity index (χ3n) is 5.62. The Morgan fingerprint density at radius 3 is 2.54 bits per heavy atom. The first kappa shape index (κ1) is 24.0. The number of ether oxygens (including phenoxy) is 2. The van der Waals surface area contributed by atoms with Gasteiger partial charge in [0.15, 0.2) is 5.70 Å². The molecule has 8 nitrogen and oxygen atoms in total. The minimum Gasteiger partial charge on any atom is -0.490 e. The van der Waals surface area contributed by atoms with Crippen LogP contribution in [0.25, 0.3) is 6.08 Å². The Morgan fingerprint density at radius 2 is 1.84 bits per heavy atom. The Bertz CT molecular complexity index is 1470. The molecule has 1 aliphatic heterocycles. The monoisotopic (exact) mass is 502 g/mol. The van der Waals surface area contributed by atoms with Crippen LogP contribution in [0.1, 0.15) is 16.7 Å². The molecule has 0 saturated carbocycles. The molecule has 0 fully saturated rings. The molecule has 0 radical (unpaired) electrons. The van der Waals surface area contributed by atoms with E-state index >= 15 is 0 Å². The number of aromatic nitrogens is 3. The second-order valence-electron chi connectivity index (χ2n) is 8.31. The van der Waals surface area contributed by atoms with E-state index in [0.717, 1.165) is 6.07 Å². The van der Waals surface area contributed by atoms with Crippen LogP contribution in [0.5, 0.6) is 5.75 Å². The number of rotatable bonds is 8. The molecular weight excluding hydrogens is 482 g/mol. The lowest BCUT2D eigenvalue weighted by Crippen LogP contribution is -2.39. The Morgan fingerprint density at radius 1 is 1.05 bits per heavy atom. The van der Waals surface area contributed by atoms with Crippen LogP contribution in [0.2, 0.25) is 0 Å². The summed E-state index contributed by atoms with van der Waals surface area (Å²) in [5, 5.41) is 15.3. The van der Waals surface area contributed by atoms with Gasteiger partial charge in [0.05, 0.1) is 6.54 Å². The van der Waals surface area contributed by atoms with E-state index in [1.807, 2.05) is 18.2 Å². The highest BCUT2D eigenvalue weighted by atomic mass is 19.1. The van der Waals surface area contributed by atoms with Gasteiger partial charge in [0.2, 0.25) is 5.90 Å². The molecule has 1 aromatic heterocycles. The highest BCUT2D eigenvalue weighted by molar-refractivity contribution is 6.12. The zero-order valence-corrected chi connectivity index (χ0v) is 19.3. The summed E-state index contributed by atoms with van der Waals surface area (Å²) < 4.78 is 40.4. The number of nitrogens with zero attached hydrogens (tertiary/aromatic N) is 4. The molecule has 0 aliphatic carbocycles. The Labute approximate surface area is 210 Å². The van der Waals surface area contributed by atoms with Gasteiger partial charge >= 0.3 is 5.97 Å². The van der Waals surface area contributed by atoms with Crippen molar-refractivity contribution in [1.82, 2.24) is 14.8 Å². The van der Waals surface area contributed by atoms with E-state index in [1.54, 1.807) is 42.5 Å². The second-order valence-corrected chi connectivity index (χ2v) is 8.31. The van der Waals surface area contributed by atoms with Crippen molar-refractivity contribution >= 4 is 17.9 Å². The van der Waals surface area contributed by atoms with E-state index < -0.39 is 23.2 Å². The number of halogens is 2. The summed E-state index contributed by atoms with van der Waals surface area (Å²) >= 11 is 0. The van der Waals surface area contributed by atoms with Crippen molar-refractivity contribution in [3.8, 4) is 5.75 Å². The average Bonchev–Trinajstić information content (AvgIpc) is 3.53. The molecule has 1 atom stereocenters. The number of carbonyl (C=O) groups excluding carboxylic acids is 1. The largest absolute Gasteiger partial charge is 0.490 e. The highest BCUT2D eigenvalue weighted by Crippen LogP contribution is 2.28. The van der Waals surface area contributed by atoms with Crippen molar-refractivity contribution < 1.29 is 28.2 Å². The van der Waals surface area contributed by atoms with E-state index in [0.29, 0.717) is 22.9 Å². The van der Waals surface area contributed by atoms with Crippen LogP contribution in [0.4, 0.5) is 8.78 Å². The van der Waals surface area contributed by atoms with Crippen molar-refractivity contribution in [2.75, 3.05) is 6.61 Å². The third-order valence-corrected chi connectivity index (χ3v) is 5.62. The van der Waals surface area contributed by atoms with Crippen molar-refractivity contribution in [1.29, 1.82) is 0 Å². The van der Waals surface area contributed by atoms with Crippen molar-refractivity contribution in [2.45, 2.75) is 12.1 Å². The summed E-state index contributed by atoms with van der Waals surface area (Å²) in [6, 6.07) is 18.7. The van der Waals surface area contributed by atoms with Crippen LogP contribution in [0.3, 0.4) is 0 Å². The molecular formula is C27H20F2N4O4. The first-order valence-electron chi connectivity index (χ1n) is 11.2. The molecule has 2 heterocycles. The number of esters is 1. The number of cyclic esters (lactones) is 1. The zero-order valence-electron chi connectivity index (χ0n) is 19.3. The lowest BCUT2D eigenvalue weighted by Gasteiger charge is -2.29. The summed E-state index contributed by atoms with van der Waals surface area (Å²) in [6.07, 6.45) is 4.23. The van der Waals surface area contributed by atoms with E-state index in [4.69, 9.17) is 9.47 Å². The van der Waals surface area contributed by atoms with Crippen LogP contribution in [0.15, 0.2) is 96.1 Å². The molecule has 0 spiro atoms. The maximum atomic E-state index is 14.6. The van der Waals surface area contributed by atoms with Gasteiger partial charge in [0, 0.05) is 17.2 Å². The van der Waals surface area contributed by atoms with E-state index in [1.165, 1.54) is 23.4 Å². The summed E-state index contributed by atoms with van der Waals surface area (Å²) in [4.78, 5) is 20.3. The number of carbonyl (C=O) groups is 1. The topological polar surface area (TPSA) is 98.8 Å². The zero-order chi connectivity index (χ0) is 25.8. The quantitative estimate of drug-likeness (QED) is 0.290. The fraction of sp³-hybridized carbons (Fsp3) is 0.111. The Hall–Kier alpha value is -4.70. The number of aliphatic hydroxyl groups is 1. The predicted octanol–water partition coefficient (Wildman–Crippen LogP) is 3.87. The first-order chi connectivity index (χ1) is 17.9. The van der Waals surface area contributed by atoms with Gasteiger partial charge in [-0.15, -0.1) is 0 Å². The summed E-state index contributed by atoms with van der Waals surface area (Å²) in [5.74, 6) is -1.62. The highest BCUT2D eigenvalue weighted by Gasteiger charge is 2.35. The van der Waals surface area contributed by atoms with Crippen molar-refractivity contribution in [2.24, 2.45) is 4.99 Å². The number of hydrogen-bond donors (Lipinski definition) is 1. The van der Waals surface area contributed by atoms with Crippen LogP contribution in [-0.2, 0) is 21.7 Å². The number of aliphatic imine (C=N–C) groups is 1. The predicted molar refractivity (Wildman–Crippen MR) is 129 cm³/mol. The molecule has 0 saturated heterocycles. The molecule has 0 bridgehead atoms. The van der Waals surface area contributed by atoms with E-state index in [9.17, 15) is 18.7 Å². The van der Waals surface area contributed by atoms with Gasteiger partial charge < -0.3 is 14.6 Å². The van der Waals surface area contributed by atoms with Crippen LogP contribution in [0, 0.1) is 11.6 Å². The molecule has 186 valence electrons. The second kappa shape index (κ2) is 10.1. The minimum absolute atomic E-state index is 0.141. The fourth-order valence-corrected chi connectivity index (χ4v) is 3.79. The molecule has 37 heavy (non-hydrogen) atoms. The molecule has 3 aromatic carbocycles. The standard InChI is InChI=1S/C27H20F2N4O4/c28-20-8-11-22(23(29)13-20)27(35,14-33-17-30-16-31-33)15-36-21-9-6-18(7-10-21)12-24-26(34)37-25(32-24)19-4-2-1-3-5-19/h1-13,16-17,35H,14-15H2/b24-12-. The van der Waals surface area contributed by atoms with E-state index in [-0.39, 0.29) is 30.3 Å².